The Morgan fingerprint density at radius 1 is 0.597 bits per heavy atom. The summed E-state index contributed by atoms with van der Waals surface area (Å²) < 4.78 is 5.79. The zero-order chi connectivity index (χ0) is 42.2. The van der Waals surface area contributed by atoms with Crippen LogP contribution >= 0.6 is 11.3 Å². The van der Waals surface area contributed by atoms with Crippen molar-refractivity contribution in [3.63, 3.8) is 0 Å². The second kappa shape index (κ2) is 17.1. The number of likely N-dealkylation sites (tertiary alicyclic amines) is 2. The molecule has 13 heteroatoms. The number of carbonyl (C=O) groups excluding carboxylic acids is 4. The lowest BCUT2D eigenvalue weighted by molar-refractivity contribution is -0.138. The Kier molecular flexibility index (Phi) is 11.0. The van der Waals surface area contributed by atoms with E-state index in [4.69, 9.17) is 14.5 Å². The third-order valence-electron chi connectivity index (χ3n) is 12.5. The van der Waals surface area contributed by atoms with Crippen molar-refractivity contribution >= 4 is 35.0 Å². The number of carbonyl (C=O) groups is 4. The topological polar surface area (TPSA) is 151 Å². The highest BCUT2D eigenvalue weighted by molar-refractivity contribution is 7.15. The summed E-state index contributed by atoms with van der Waals surface area (Å²) in [6, 6.07) is 33.3. The van der Waals surface area contributed by atoms with Crippen LogP contribution in [-0.2, 0) is 19.2 Å². The van der Waals surface area contributed by atoms with Gasteiger partial charge in [-0.25, -0.2) is 4.98 Å². The average Bonchev–Trinajstić information content (AvgIpc) is 4.07. The van der Waals surface area contributed by atoms with Gasteiger partial charge in [-0.05, 0) is 79.2 Å². The highest BCUT2D eigenvalue weighted by atomic mass is 32.1. The first-order chi connectivity index (χ1) is 30.4. The lowest BCUT2D eigenvalue weighted by Crippen LogP contribution is -2.43. The Morgan fingerprint density at radius 3 is 1.61 bits per heavy atom. The van der Waals surface area contributed by atoms with Crippen LogP contribution in [-0.4, -0.2) is 61.6 Å². The number of thiazole rings is 1. The van der Waals surface area contributed by atoms with Gasteiger partial charge in [-0.1, -0.05) is 114 Å². The molecule has 62 heavy (non-hydrogen) atoms. The lowest BCUT2D eigenvalue weighted by Gasteiger charge is -2.28. The molecule has 6 aromatic rings. The molecular formula is C49H47N7O5S. The molecule has 2 aromatic heterocycles. The molecule has 10 rings (SSSR count). The van der Waals surface area contributed by atoms with Crippen molar-refractivity contribution in [1.82, 2.24) is 35.6 Å². The minimum absolute atomic E-state index is 0.00430. The van der Waals surface area contributed by atoms with Crippen LogP contribution in [0.3, 0.4) is 0 Å². The van der Waals surface area contributed by atoms with Gasteiger partial charge >= 0.3 is 0 Å². The van der Waals surface area contributed by atoms with Gasteiger partial charge in [0.1, 0.15) is 23.1 Å². The molecule has 2 unspecified atom stereocenters. The van der Waals surface area contributed by atoms with Gasteiger partial charge in [-0.3, -0.25) is 19.2 Å². The van der Waals surface area contributed by atoms with Crippen molar-refractivity contribution in [3.05, 3.63) is 137 Å². The monoisotopic (exact) mass is 845 g/mol. The molecule has 4 fully saturated rings. The van der Waals surface area contributed by atoms with Gasteiger partial charge < -0.3 is 25.0 Å². The van der Waals surface area contributed by atoms with Gasteiger partial charge in [0.15, 0.2) is 0 Å². The summed E-state index contributed by atoms with van der Waals surface area (Å²) in [7, 11) is 0. The molecule has 4 amide bonds. The molecule has 4 atom stereocenters. The van der Waals surface area contributed by atoms with E-state index in [0.29, 0.717) is 31.2 Å². The molecule has 2 N–H and O–H groups in total. The van der Waals surface area contributed by atoms with Crippen LogP contribution in [0.2, 0.25) is 0 Å². The Balaban J connectivity index is 0.797. The molecule has 4 heterocycles. The van der Waals surface area contributed by atoms with Crippen LogP contribution in [0.1, 0.15) is 97.6 Å². The third-order valence-corrected chi connectivity index (χ3v) is 13.6. The molecule has 2 saturated carbocycles. The molecule has 0 bridgehead atoms. The van der Waals surface area contributed by atoms with Crippen LogP contribution in [0.15, 0.2) is 120 Å². The number of nitrogens with zero attached hydrogens (tertiary/aromatic N) is 5. The van der Waals surface area contributed by atoms with Gasteiger partial charge in [0.2, 0.25) is 35.3 Å². The predicted octanol–water partition coefficient (Wildman–Crippen LogP) is 8.39. The van der Waals surface area contributed by atoms with E-state index in [9.17, 15) is 19.2 Å². The van der Waals surface area contributed by atoms with Crippen molar-refractivity contribution < 1.29 is 23.7 Å². The van der Waals surface area contributed by atoms with Crippen LogP contribution < -0.4 is 10.6 Å². The minimum atomic E-state index is -0.777. The zero-order valence-electron chi connectivity index (χ0n) is 34.2. The molecule has 0 radical (unpaired) electrons. The highest BCUT2D eigenvalue weighted by Crippen LogP contribution is 2.40. The Bertz CT molecular complexity index is 2390. The van der Waals surface area contributed by atoms with E-state index < -0.39 is 12.1 Å². The molecule has 314 valence electrons. The zero-order valence-corrected chi connectivity index (χ0v) is 35.0. The maximum atomic E-state index is 14.1. The van der Waals surface area contributed by atoms with Gasteiger partial charge in [-0.15, -0.1) is 11.3 Å². The first kappa shape index (κ1) is 39.7. The van der Waals surface area contributed by atoms with Crippen molar-refractivity contribution in [2.75, 3.05) is 13.1 Å². The maximum Gasteiger partial charge on any atom is 0.250 e. The summed E-state index contributed by atoms with van der Waals surface area (Å²) >= 11 is 1.61. The summed E-state index contributed by atoms with van der Waals surface area (Å²) in [5.41, 5.74) is 5.47. The normalized spacial score (nSPS) is 19.5. The van der Waals surface area contributed by atoms with Crippen molar-refractivity contribution in [2.45, 2.75) is 75.5 Å². The maximum absolute atomic E-state index is 14.1. The number of hydrogen-bond acceptors (Lipinski definition) is 9. The van der Waals surface area contributed by atoms with E-state index in [2.05, 4.69) is 40.1 Å². The van der Waals surface area contributed by atoms with Crippen molar-refractivity contribution in [3.8, 4) is 33.0 Å². The van der Waals surface area contributed by atoms with Crippen molar-refractivity contribution in [1.29, 1.82) is 0 Å². The van der Waals surface area contributed by atoms with E-state index in [0.717, 1.165) is 88.2 Å². The van der Waals surface area contributed by atoms with E-state index >= 15 is 0 Å². The predicted molar refractivity (Wildman–Crippen MR) is 234 cm³/mol. The standard InChI is InChI=1S/C49H47N7O5S/c57-44(36-23-24-36)51-41(33-9-3-1-4-10-33)48(59)55-27-7-13-38(55)46-53-43(54-61-46)35-21-17-31(18-22-35)30-15-19-32(20-16-30)40-29-50-47(62-40)39-14-8-28-56(39)49(60)42(34-11-5-2-6-12-34)52-45(58)37-25-26-37/h1-6,9-12,15-22,29,36-39,41-42H,7-8,13-14,23-28H2,(H,51,57)(H,52,58)/t38-,39-,41?,42?/m0/s1. The quantitative estimate of drug-likeness (QED) is 0.118. The number of hydrogen-bond donors (Lipinski definition) is 2. The number of aromatic nitrogens is 3. The van der Waals surface area contributed by atoms with E-state index in [1.165, 1.54) is 0 Å². The summed E-state index contributed by atoms with van der Waals surface area (Å²) in [4.78, 5) is 68.1. The Hall–Kier alpha value is -6.47. The summed E-state index contributed by atoms with van der Waals surface area (Å²) in [5.74, 6) is 0.434. The Morgan fingerprint density at radius 2 is 1.08 bits per heavy atom. The number of nitrogens with one attached hydrogen (secondary N) is 2. The number of rotatable bonds is 13. The molecular weight excluding hydrogens is 799 g/mol. The van der Waals surface area contributed by atoms with Gasteiger partial charge in [-0.2, -0.15) is 4.98 Å². The summed E-state index contributed by atoms with van der Waals surface area (Å²) in [6.07, 6.45) is 8.54. The molecule has 12 nitrogen and oxygen atoms in total. The van der Waals surface area contributed by atoms with Crippen LogP contribution in [0.25, 0.3) is 33.0 Å². The van der Waals surface area contributed by atoms with Crippen LogP contribution in [0, 0.1) is 11.8 Å². The molecule has 4 aliphatic rings. The fraction of sp³-hybridized carbons (Fsp3) is 0.327. The third kappa shape index (κ3) is 8.28. The highest BCUT2D eigenvalue weighted by Gasteiger charge is 2.41. The average molecular weight is 846 g/mol. The van der Waals surface area contributed by atoms with E-state index in [-0.39, 0.29) is 47.5 Å². The van der Waals surface area contributed by atoms with Crippen LogP contribution in [0.4, 0.5) is 0 Å². The molecule has 2 aliphatic heterocycles. The molecule has 4 aromatic carbocycles. The van der Waals surface area contributed by atoms with Gasteiger partial charge in [0, 0.05) is 36.7 Å². The second-order valence-corrected chi connectivity index (χ2v) is 17.9. The van der Waals surface area contributed by atoms with Gasteiger partial charge in [0.05, 0.1) is 10.9 Å². The molecule has 2 saturated heterocycles. The fourth-order valence-corrected chi connectivity index (χ4v) is 9.76. The van der Waals surface area contributed by atoms with Crippen LogP contribution in [0.5, 0.6) is 0 Å². The molecule has 2 aliphatic carbocycles. The Labute approximate surface area is 363 Å². The first-order valence-corrected chi connectivity index (χ1v) is 22.5. The smallest absolute Gasteiger partial charge is 0.250 e. The lowest BCUT2D eigenvalue weighted by atomic mass is 10.0. The number of benzene rings is 4. The minimum Gasteiger partial charge on any atom is -0.340 e. The first-order valence-electron chi connectivity index (χ1n) is 21.7. The largest absolute Gasteiger partial charge is 0.340 e. The van der Waals surface area contributed by atoms with E-state index in [1.807, 2.05) is 96.0 Å². The van der Waals surface area contributed by atoms with E-state index in [1.54, 1.807) is 16.2 Å². The van der Waals surface area contributed by atoms with Crippen molar-refractivity contribution in [2.24, 2.45) is 11.8 Å². The number of amides is 4. The van der Waals surface area contributed by atoms with Gasteiger partial charge in [0.25, 0.3) is 0 Å². The fourth-order valence-electron chi connectivity index (χ4n) is 8.69. The summed E-state index contributed by atoms with van der Waals surface area (Å²) in [5, 5.41) is 11.3. The summed E-state index contributed by atoms with van der Waals surface area (Å²) in [6.45, 7) is 1.17. The molecule has 0 spiro atoms. The SMILES string of the molecule is O=C(NC(C(=O)N1CCC[C@H]1c1nc(-c2ccc(-c3ccc(-c4cnc([C@@H]5CCCN5C(=O)C(NC(=O)C5CC5)c5ccccc5)s4)cc3)cc2)no1)c1ccccc1)C1CC1. The second-order valence-electron chi connectivity index (χ2n) is 16.8.